The number of amides is 3. The van der Waals surface area contributed by atoms with E-state index in [-0.39, 0.29) is 16.4 Å². The molecule has 2 aromatic rings. The van der Waals surface area contributed by atoms with Crippen molar-refractivity contribution in [2.24, 2.45) is 0 Å². The van der Waals surface area contributed by atoms with E-state index in [4.69, 9.17) is 9.47 Å². The highest BCUT2D eigenvalue weighted by atomic mass is 32.2. The topological polar surface area (TPSA) is 125 Å². The van der Waals surface area contributed by atoms with Crippen LogP contribution in [0.4, 0.5) is 10.5 Å². The van der Waals surface area contributed by atoms with Gasteiger partial charge in [-0.05, 0) is 61.5 Å². The normalized spacial score (nSPS) is 15.5. The number of rotatable bonds is 8. The van der Waals surface area contributed by atoms with Gasteiger partial charge in [-0.25, -0.2) is 0 Å². The lowest BCUT2D eigenvalue weighted by Crippen LogP contribution is -2.37. The molecule has 1 N–H and O–H groups in total. The van der Waals surface area contributed by atoms with Crippen LogP contribution in [0.1, 0.15) is 18.1 Å². The standard InChI is InChI=1S/C23H22N2O7S/c1-13-4-7-16(8-5-13)24-20(26)12-25-21(27)19(33-23(25)30)11-15-6-9-17(18(10-15)31-3)32-14(2)22(28)29/h4-11,14H,12H2,1-3H3,(H,24,26)(H,28,29)/p-1/b19-11-/t14-/m1/s1. The molecule has 1 aliphatic heterocycles. The van der Waals surface area contributed by atoms with Crippen LogP contribution >= 0.6 is 11.8 Å². The summed E-state index contributed by atoms with van der Waals surface area (Å²) in [6.45, 7) is 2.84. The van der Waals surface area contributed by atoms with Crippen molar-refractivity contribution in [3.63, 3.8) is 0 Å². The summed E-state index contributed by atoms with van der Waals surface area (Å²) in [5.74, 6) is -2.02. The summed E-state index contributed by atoms with van der Waals surface area (Å²) in [6.07, 6.45) is 0.296. The number of hydrogen-bond acceptors (Lipinski definition) is 8. The number of carboxylic acids is 1. The first kappa shape index (κ1) is 23.9. The molecule has 0 aromatic heterocycles. The Hall–Kier alpha value is -3.79. The van der Waals surface area contributed by atoms with Gasteiger partial charge in [0.1, 0.15) is 12.6 Å². The van der Waals surface area contributed by atoms with Crippen LogP contribution in [0.3, 0.4) is 0 Å². The predicted molar refractivity (Wildman–Crippen MR) is 121 cm³/mol. The number of anilines is 1. The van der Waals surface area contributed by atoms with Crippen molar-refractivity contribution in [1.82, 2.24) is 4.90 Å². The lowest BCUT2D eigenvalue weighted by molar-refractivity contribution is -0.312. The molecule has 1 saturated heterocycles. The van der Waals surface area contributed by atoms with Gasteiger partial charge in [-0.15, -0.1) is 0 Å². The molecule has 172 valence electrons. The maximum atomic E-state index is 12.7. The molecule has 0 aliphatic carbocycles. The van der Waals surface area contributed by atoms with Gasteiger partial charge in [0.25, 0.3) is 11.1 Å². The number of carbonyl (C=O) groups excluding carboxylic acids is 4. The van der Waals surface area contributed by atoms with Gasteiger partial charge in [-0.2, -0.15) is 0 Å². The molecular formula is C23H21N2O7S-. The Bertz CT molecular complexity index is 1130. The number of aryl methyl sites for hydroxylation is 1. The molecule has 1 fully saturated rings. The van der Waals surface area contributed by atoms with E-state index < -0.39 is 35.7 Å². The van der Waals surface area contributed by atoms with E-state index in [2.05, 4.69) is 5.32 Å². The van der Waals surface area contributed by atoms with Crippen molar-refractivity contribution in [3.8, 4) is 11.5 Å². The summed E-state index contributed by atoms with van der Waals surface area (Å²) >= 11 is 0.720. The van der Waals surface area contributed by atoms with E-state index in [0.29, 0.717) is 11.3 Å². The van der Waals surface area contributed by atoms with Crippen LogP contribution in [-0.2, 0) is 14.4 Å². The van der Waals surface area contributed by atoms with E-state index in [9.17, 15) is 24.3 Å². The zero-order chi connectivity index (χ0) is 24.1. The second kappa shape index (κ2) is 10.2. The molecule has 0 radical (unpaired) electrons. The second-order valence-corrected chi connectivity index (χ2v) is 8.16. The Morgan fingerprint density at radius 3 is 2.48 bits per heavy atom. The van der Waals surface area contributed by atoms with Gasteiger partial charge in [0, 0.05) is 5.69 Å². The molecule has 1 atom stereocenters. The monoisotopic (exact) mass is 469 g/mol. The zero-order valence-corrected chi connectivity index (χ0v) is 18.9. The van der Waals surface area contributed by atoms with Gasteiger partial charge in [-0.3, -0.25) is 19.3 Å². The SMILES string of the molecule is COc1cc(/C=C2\SC(=O)N(CC(=O)Nc3ccc(C)cc3)C2=O)ccc1O[C@H](C)C(=O)[O-]. The second-order valence-electron chi connectivity index (χ2n) is 7.17. The molecule has 0 saturated carbocycles. The summed E-state index contributed by atoms with van der Waals surface area (Å²) in [7, 11) is 1.39. The van der Waals surface area contributed by atoms with Crippen LogP contribution in [0, 0.1) is 6.92 Å². The Morgan fingerprint density at radius 2 is 1.85 bits per heavy atom. The van der Waals surface area contributed by atoms with Crippen molar-refractivity contribution in [1.29, 1.82) is 0 Å². The third-order valence-corrected chi connectivity index (χ3v) is 5.54. The van der Waals surface area contributed by atoms with Gasteiger partial charge in [0.2, 0.25) is 5.91 Å². The molecule has 9 nitrogen and oxygen atoms in total. The van der Waals surface area contributed by atoms with E-state index in [1.807, 2.05) is 19.1 Å². The van der Waals surface area contributed by atoms with E-state index in [1.165, 1.54) is 32.2 Å². The first-order chi connectivity index (χ1) is 15.7. The zero-order valence-electron chi connectivity index (χ0n) is 18.1. The number of imide groups is 1. The highest BCUT2D eigenvalue weighted by molar-refractivity contribution is 8.18. The van der Waals surface area contributed by atoms with Crippen molar-refractivity contribution in [2.45, 2.75) is 20.0 Å². The fraction of sp³-hybridized carbons (Fsp3) is 0.217. The number of nitrogens with zero attached hydrogens (tertiary/aromatic N) is 1. The van der Waals surface area contributed by atoms with Gasteiger partial charge >= 0.3 is 0 Å². The first-order valence-corrected chi connectivity index (χ1v) is 10.7. The van der Waals surface area contributed by atoms with Gasteiger partial charge in [-0.1, -0.05) is 23.8 Å². The minimum absolute atomic E-state index is 0.141. The summed E-state index contributed by atoms with van der Waals surface area (Å²) in [6, 6.07) is 11.7. The number of ether oxygens (including phenoxy) is 2. The number of carboxylic acid groups (broad SMARTS) is 1. The minimum Gasteiger partial charge on any atom is -0.546 e. The van der Waals surface area contributed by atoms with Gasteiger partial charge in [0.15, 0.2) is 11.5 Å². The predicted octanol–water partition coefficient (Wildman–Crippen LogP) is 2.20. The van der Waals surface area contributed by atoms with Crippen molar-refractivity contribution < 1.29 is 33.8 Å². The number of thioether (sulfide) groups is 1. The molecular weight excluding hydrogens is 448 g/mol. The fourth-order valence-corrected chi connectivity index (χ4v) is 3.72. The van der Waals surface area contributed by atoms with E-state index in [1.54, 1.807) is 18.2 Å². The number of benzene rings is 2. The molecule has 0 unspecified atom stereocenters. The van der Waals surface area contributed by atoms with E-state index >= 15 is 0 Å². The molecule has 3 amide bonds. The quantitative estimate of drug-likeness (QED) is 0.584. The van der Waals surface area contributed by atoms with Crippen molar-refractivity contribution in [2.75, 3.05) is 19.0 Å². The average Bonchev–Trinajstić information content (AvgIpc) is 3.03. The van der Waals surface area contributed by atoms with E-state index in [0.717, 1.165) is 22.2 Å². The number of carbonyl (C=O) groups is 4. The average molecular weight is 469 g/mol. The molecule has 1 aliphatic rings. The van der Waals surface area contributed by atoms with Crippen LogP contribution in [0.2, 0.25) is 0 Å². The summed E-state index contributed by atoms with van der Waals surface area (Å²) in [5.41, 5.74) is 2.12. The molecule has 3 rings (SSSR count). The summed E-state index contributed by atoms with van der Waals surface area (Å²) in [5, 5.41) is 13.0. The van der Waals surface area contributed by atoms with Crippen LogP contribution in [0.15, 0.2) is 47.4 Å². The Balaban J connectivity index is 1.71. The van der Waals surface area contributed by atoms with Gasteiger partial charge in [0.05, 0.1) is 18.0 Å². The minimum atomic E-state index is -1.37. The Kier molecular flexibility index (Phi) is 7.39. The molecule has 10 heteroatoms. The highest BCUT2D eigenvalue weighted by Gasteiger charge is 2.36. The fourth-order valence-electron chi connectivity index (χ4n) is 2.88. The first-order valence-electron chi connectivity index (χ1n) is 9.85. The van der Waals surface area contributed by atoms with Crippen molar-refractivity contribution in [3.05, 3.63) is 58.5 Å². The van der Waals surface area contributed by atoms with Crippen LogP contribution < -0.4 is 19.9 Å². The van der Waals surface area contributed by atoms with Crippen LogP contribution in [0.25, 0.3) is 6.08 Å². The smallest absolute Gasteiger partial charge is 0.294 e. The van der Waals surface area contributed by atoms with Crippen molar-refractivity contribution >= 4 is 46.5 Å². The largest absolute Gasteiger partial charge is 0.546 e. The highest BCUT2D eigenvalue weighted by Crippen LogP contribution is 2.34. The lowest BCUT2D eigenvalue weighted by Gasteiger charge is -2.17. The molecule has 0 bridgehead atoms. The Labute approximate surface area is 194 Å². The van der Waals surface area contributed by atoms with Gasteiger partial charge < -0.3 is 24.7 Å². The molecule has 0 spiro atoms. The summed E-state index contributed by atoms with van der Waals surface area (Å²) < 4.78 is 10.5. The van der Waals surface area contributed by atoms with Crippen LogP contribution in [0.5, 0.6) is 11.5 Å². The number of methoxy groups -OCH3 is 1. The molecule has 2 aromatic carbocycles. The third kappa shape index (κ3) is 5.92. The Morgan fingerprint density at radius 1 is 1.15 bits per heavy atom. The summed E-state index contributed by atoms with van der Waals surface area (Å²) in [4.78, 5) is 49.2. The van der Waals surface area contributed by atoms with Crippen LogP contribution in [-0.4, -0.2) is 47.7 Å². The lowest BCUT2D eigenvalue weighted by atomic mass is 10.1. The molecule has 33 heavy (non-hydrogen) atoms. The maximum absolute atomic E-state index is 12.7. The number of aliphatic carboxylic acids is 1. The number of hydrogen-bond donors (Lipinski definition) is 1. The molecule has 1 heterocycles. The maximum Gasteiger partial charge on any atom is 0.294 e. The number of nitrogens with one attached hydrogen (secondary N) is 1. The third-order valence-electron chi connectivity index (χ3n) is 4.63.